The van der Waals surface area contributed by atoms with E-state index in [0.29, 0.717) is 13.0 Å². The Hall–Kier alpha value is -2.97. The van der Waals surface area contributed by atoms with Crippen molar-refractivity contribution in [1.29, 1.82) is 5.26 Å². The molecule has 2 heterocycles. The molecule has 1 aromatic heterocycles. The van der Waals surface area contributed by atoms with Gasteiger partial charge in [-0.05, 0) is 36.2 Å². The van der Waals surface area contributed by atoms with Crippen LogP contribution in [0.4, 0.5) is 14.2 Å². The van der Waals surface area contributed by atoms with E-state index in [4.69, 9.17) is 4.74 Å². The minimum absolute atomic E-state index is 0.172. The summed E-state index contributed by atoms with van der Waals surface area (Å²) in [7, 11) is -2.69. The van der Waals surface area contributed by atoms with E-state index in [9.17, 15) is 27.7 Å². The van der Waals surface area contributed by atoms with Crippen LogP contribution in [-0.4, -0.2) is 44.7 Å². The number of thiophene rings is 1. The van der Waals surface area contributed by atoms with E-state index in [1.54, 1.807) is 0 Å². The van der Waals surface area contributed by atoms with Crippen LogP contribution in [0, 0.1) is 17.1 Å². The summed E-state index contributed by atoms with van der Waals surface area (Å²) in [6, 6.07) is 6.21. The van der Waals surface area contributed by atoms with Crippen LogP contribution >= 0.6 is 11.3 Å². The van der Waals surface area contributed by atoms with Crippen LogP contribution in [0.3, 0.4) is 0 Å². The number of benzene rings is 1. The fourth-order valence-electron chi connectivity index (χ4n) is 2.96. The van der Waals surface area contributed by atoms with E-state index in [0.717, 1.165) is 46.0 Å². The molecule has 29 heavy (non-hydrogen) atoms. The molecule has 8 nitrogen and oxygen atoms in total. The molecule has 0 fully saturated rings. The molecule has 152 valence electrons. The highest BCUT2D eigenvalue weighted by Crippen LogP contribution is 2.36. The Labute approximate surface area is 170 Å². The molecule has 1 N–H and O–H groups in total. The van der Waals surface area contributed by atoms with Crippen LogP contribution in [0.25, 0.3) is 0 Å². The predicted molar refractivity (Wildman–Crippen MR) is 103 cm³/mol. The van der Waals surface area contributed by atoms with Crippen LogP contribution < -0.4 is 5.32 Å². The molecule has 0 saturated carbocycles. The van der Waals surface area contributed by atoms with Crippen molar-refractivity contribution in [2.75, 3.05) is 24.7 Å². The first-order valence-electron chi connectivity index (χ1n) is 8.41. The summed E-state index contributed by atoms with van der Waals surface area (Å²) in [5.41, 5.74) is 0.997. The quantitative estimate of drug-likeness (QED) is 0.734. The molecule has 0 unspecified atom stereocenters. The summed E-state index contributed by atoms with van der Waals surface area (Å²) in [6.45, 7) is 0.614. The first-order chi connectivity index (χ1) is 13.7. The summed E-state index contributed by atoms with van der Waals surface area (Å²) >= 11 is 1.12. The first-order valence-corrected chi connectivity index (χ1v) is 10.9. The van der Waals surface area contributed by atoms with Gasteiger partial charge in [-0.15, -0.1) is 11.3 Å². The van der Waals surface area contributed by atoms with Crippen molar-refractivity contribution in [3.05, 3.63) is 46.1 Å². The van der Waals surface area contributed by atoms with Gasteiger partial charge in [-0.2, -0.15) is 5.26 Å². The van der Waals surface area contributed by atoms with Gasteiger partial charge in [0.1, 0.15) is 22.6 Å². The lowest BCUT2D eigenvalue weighted by Crippen LogP contribution is -2.35. The third-order valence-corrected chi connectivity index (χ3v) is 7.11. The van der Waals surface area contributed by atoms with Crippen molar-refractivity contribution in [3.63, 3.8) is 0 Å². The zero-order chi connectivity index (χ0) is 21.2. The maximum atomic E-state index is 13.0. The second-order valence-electron chi connectivity index (χ2n) is 6.22. The molecule has 1 aromatic carbocycles. The topological polar surface area (TPSA) is 117 Å². The van der Waals surface area contributed by atoms with Gasteiger partial charge in [0.05, 0.1) is 24.1 Å². The summed E-state index contributed by atoms with van der Waals surface area (Å²) in [4.78, 5) is 26.1. The Morgan fingerprint density at radius 2 is 2.03 bits per heavy atom. The molecule has 0 bridgehead atoms. The maximum Gasteiger partial charge on any atom is 0.409 e. The Kier molecular flexibility index (Phi) is 5.86. The lowest BCUT2D eigenvalue weighted by atomic mass is 10.0. The number of halogens is 1. The number of amides is 2. The van der Waals surface area contributed by atoms with E-state index in [2.05, 4.69) is 5.32 Å². The second-order valence-corrected chi connectivity index (χ2v) is 9.32. The number of hydrogen-bond donors (Lipinski definition) is 1. The summed E-state index contributed by atoms with van der Waals surface area (Å²) in [6.07, 6.45) is -0.0633. The van der Waals surface area contributed by atoms with E-state index >= 15 is 0 Å². The highest BCUT2D eigenvalue weighted by Gasteiger charge is 2.28. The third kappa shape index (κ3) is 4.38. The van der Waals surface area contributed by atoms with Gasteiger partial charge < -0.3 is 15.0 Å². The first kappa shape index (κ1) is 20.8. The van der Waals surface area contributed by atoms with Crippen molar-refractivity contribution in [2.45, 2.75) is 17.9 Å². The third-order valence-electron chi connectivity index (χ3n) is 4.35. The number of anilines is 1. The number of sulfone groups is 1. The number of fused-ring (bicyclic) bond motifs is 1. The van der Waals surface area contributed by atoms with Crippen molar-refractivity contribution < 1.29 is 27.1 Å². The Morgan fingerprint density at radius 3 is 2.66 bits per heavy atom. The van der Waals surface area contributed by atoms with E-state index in [1.165, 1.54) is 12.0 Å². The Balaban J connectivity index is 1.77. The maximum absolute atomic E-state index is 13.0. The molecule has 1 aliphatic heterocycles. The average Bonchev–Trinajstić information content (AvgIpc) is 3.02. The van der Waals surface area contributed by atoms with Crippen molar-refractivity contribution in [1.82, 2.24) is 4.90 Å². The number of nitrogens with one attached hydrogen (secondary N) is 1. The smallest absolute Gasteiger partial charge is 0.409 e. The number of carbonyl (C=O) groups is 2. The van der Waals surface area contributed by atoms with Gasteiger partial charge in [0.15, 0.2) is 9.84 Å². The molecule has 0 atom stereocenters. The van der Waals surface area contributed by atoms with Crippen LogP contribution in [0.1, 0.15) is 16.0 Å². The van der Waals surface area contributed by atoms with Crippen LogP contribution in [0.5, 0.6) is 0 Å². The van der Waals surface area contributed by atoms with Gasteiger partial charge in [0.2, 0.25) is 5.91 Å². The molecule has 1 aliphatic rings. The highest BCUT2D eigenvalue weighted by molar-refractivity contribution is 7.92. The molecule has 0 saturated heterocycles. The van der Waals surface area contributed by atoms with E-state index < -0.39 is 33.4 Å². The Morgan fingerprint density at radius 1 is 1.34 bits per heavy atom. The highest BCUT2D eigenvalue weighted by atomic mass is 32.2. The molecule has 2 aromatic rings. The predicted octanol–water partition coefficient (Wildman–Crippen LogP) is 2.30. The number of methoxy groups -OCH3 is 1. The minimum atomic E-state index is -3.97. The van der Waals surface area contributed by atoms with Crippen molar-refractivity contribution >= 4 is 38.2 Å². The minimum Gasteiger partial charge on any atom is -0.453 e. The van der Waals surface area contributed by atoms with E-state index in [-0.39, 0.29) is 22.0 Å². The van der Waals surface area contributed by atoms with Crippen molar-refractivity contribution in [2.24, 2.45) is 0 Å². The normalized spacial score (nSPS) is 13.3. The molecular formula is C18H16FN3O5S2. The van der Waals surface area contributed by atoms with Gasteiger partial charge in [-0.25, -0.2) is 17.6 Å². The van der Waals surface area contributed by atoms with Gasteiger partial charge in [-0.1, -0.05) is 0 Å². The van der Waals surface area contributed by atoms with Gasteiger partial charge in [0.25, 0.3) is 0 Å². The van der Waals surface area contributed by atoms with Crippen LogP contribution in [0.15, 0.2) is 29.2 Å². The summed E-state index contributed by atoms with van der Waals surface area (Å²) < 4.78 is 42.4. The van der Waals surface area contributed by atoms with E-state index in [1.807, 2.05) is 6.07 Å². The monoisotopic (exact) mass is 437 g/mol. The lowest BCUT2D eigenvalue weighted by Gasteiger charge is -2.25. The molecule has 3 rings (SSSR count). The molecule has 0 spiro atoms. The lowest BCUT2D eigenvalue weighted by molar-refractivity contribution is -0.113. The zero-order valence-corrected chi connectivity index (χ0v) is 16.9. The number of hydrogen-bond acceptors (Lipinski definition) is 7. The SMILES string of the molecule is COC(=O)N1CCc2c(sc(NC(=O)CS(=O)(=O)c3ccc(F)cc3)c2C#N)C1. The average molecular weight is 437 g/mol. The fraction of sp³-hybridized carbons (Fsp3) is 0.278. The molecule has 11 heteroatoms. The van der Waals surface area contributed by atoms with Crippen LogP contribution in [0.2, 0.25) is 0 Å². The molecule has 0 aliphatic carbocycles. The van der Waals surface area contributed by atoms with Crippen LogP contribution in [-0.2, 0) is 32.3 Å². The van der Waals surface area contributed by atoms with Gasteiger partial charge >= 0.3 is 6.09 Å². The zero-order valence-electron chi connectivity index (χ0n) is 15.3. The van der Waals surface area contributed by atoms with Crippen molar-refractivity contribution in [3.8, 4) is 6.07 Å². The number of ether oxygens (including phenoxy) is 1. The number of nitrogens with zero attached hydrogens (tertiary/aromatic N) is 2. The molecule has 0 radical (unpaired) electrons. The van der Waals surface area contributed by atoms with Gasteiger partial charge in [-0.3, -0.25) is 4.79 Å². The van der Waals surface area contributed by atoms with Gasteiger partial charge in [0, 0.05) is 11.4 Å². The summed E-state index contributed by atoms with van der Waals surface area (Å²) in [5, 5.41) is 12.2. The molecular weight excluding hydrogens is 421 g/mol. The largest absolute Gasteiger partial charge is 0.453 e. The standard InChI is InChI=1S/C18H16FN3O5S2/c1-27-18(24)22-7-6-13-14(8-20)17(28-15(13)9-22)21-16(23)10-29(25,26)12-4-2-11(19)3-5-12/h2-5H,6-7,9-10H2,1H3,(H,21,23). The second kappa shape index (κ2) is 8.18. The summed E-state index contributed by atoms with van der Waals surface area (Å²) in [5.74, 6) is -2.24. The number of rotatable bonds is 4. The fourth-order valence-corrected chi connectivity index (χ4v) is 5.32. The number of carbonyl (C=O) groups excluding carboxylic acids is 2. The Bertz CT molecular complexity index is 1100. The number of nitriles is 1. The molecule has 2 amide bonds.